The zero-order valence-corrected chi connectivity index (χ0v) is 20.6. The Morgan fingerprint density at radius 1 is 1.00 bits per heavy atom. The minimum absolute atomic E-state index is 0.0847. The first-order valence-corrected chi connectivity index (χ1v) is 12.9. The minimum atomic E-state index is -3.45. The maximum atomic E-state index is 13.7. The third-order valence-corrected chi connectivity index (χ3v) is 8.23. The molecule has 1 aliphatic rings. The van der Waals surface area contributed by atoms with Crippen molar-refractivity contribution in [1.82, 2.24) is 0 Å². The number of sulfone groups is 1. The van der Waals surface area contributed by atoms with E-state index in [1.807, 2.05) is 19.1 Å². The fourth-order valence-electron chi connectivity index (χ4n) is 4.54. The Labute approximate surface area is 185 Å². The van der Waals surface area contributed by atoms with Gasteiger partial charge in [-0.3, -0.25) is 0 Å². The summed E-state index contributed by atoms with van der Waals surface area (Å²) in [6.07, 6.45) is 14.3. The molecular weight excluding hydrogens is 388 g/mol. The van der Waals surface area contributed by atoms with Crippen LogP contribution >= 0.6 is 0 Å². The van der Waals surface area contributed by atoms with Crippen molar-refractivity contribution in [2.45, 2.75) is 90.2 Å². The average Bonchev–Trinajstić information content (AvgIpc) is 2.65. The lowest BCUT2D eigenvalue weighted by Crippen LogP contribution is -2.34. The van der Waals surface area contributed by atoms with Crippen molar-refractivity contribution in [2.75, 3.05) is 0 Å². The maximum absolute atomic E-state index is 13.7. The van der Waals surface area contributed by atoms with Gasteiger partial charge in [-0.15, -0.1) is 0 Å². The van der Waals surface area contributed by atoms with Gasteiger partial charge in [-0.1, -0.05) is 75.3 Å². The van der Waals surface area contributed by atoms with Gasteiger partial charge in [0, 0.05) is 0 Å². The Morgan fingerprint density at radius 2 is 1.63 bits per heavy atom. The predicted molar refractivity (Wildman–Crippen MR) is 129 cm³/mol. The Hall–Kier alpha value is -1.61. The standard InChI is InChI=1S/C27H40O2S/c1-21(2)13-10-8-7-9-11-15-25(26-23(4)14-12-20-27(26,5)6)30(28,29)24-18-16-22(3)17-19-24/h9-11,13,16-19,21,25H,7-8,12,14-15,20H2,1-6H3. The van der Waals surface area contributed by atoms with E-state index in [4.69, 9.17) is 0 Å². The molecule has 0 spiro atoms. The number of benzene rings is 1. The Morgan fingerprint density at radius 3 is 2.23 bits per heavy atom. The summed E-state index contributed by atoms with van der Waals surface area (Å²) >= 11 is 0. The van der Waals surface area contributed by atoms with Crippen LogP contribution in [-0.2, 0) is 9.84 Å². The van der Waals surface area contributed by atoms with E-state index in [0.29, 0.717) is 17.2 Å². The quantitative estimate of drug-likeness (QED) is 0.300. The smallest absolute Gasteiger partial charge is 0.185 e. The van der Waals surface area contributed by atoms with Crippen molar-refractivity contribution in [2.24, 2.45) is 11.3 Å². The number of rotatable bonds is 9. The molecular formula is C27H40O2S. The molecule has 1 aromatic carbocycles. The minimum Gasteiger partial charge on any atom is -0.223 e. The highest BCUT2D eigenvalue weighted by Crippen LogP contribution is 2.45. The molecule has 0 fully saturated rings. The summed E-state index contributed by atoms with van der Waals surface area (Å²) in [6, 6.07) is 7.33. The summed E-state index contributed by atoms with van der Waals surface area (Å²) in [5.74, 6) is 0.571. The first kappa shape index (κ1) is 24.7. The lowest BCUT2D eigenvalue weighted by atomic mass is 9.71. The highest BCUT2D eigenvalue weighted by Gasteiger charge is 2.39. The van der Waals surface area contributed by atoms with E-state index in [1.54, 1.807) is 12.1 Å². The molecule has 0 aromatic heterocycles. The van der Waals surface area contributed by atoms with Crippen LogP contribution < -0.4 is 0 Å². The predicted octanol–water partition coefficient (Wildman–Crippen LogP) is 7.60. The maximum Gasteiger partial charge on any atom is 0.185 e. The number of hydrogen-bond donors (Lipinski definition) is 0. The van der Waals surface area contributed by atoms with Gasteiger partial charge in [0.15, 0.2) is 9.84 Å². The van der Waals surface area contributed by atoms with Crippen molar-refractivity contribution in [1.29, 1.82) is 0 Å². The summed E-state index contributed by atoms with van der Waals surface area (Å²) in [5.41, 5.74) is 3.39. The van der Waals surface area contributed by atoms with E-state index in [2.05, 4.69) is 58.9 Å². The monoisotopic (exact) mass is 428 g/mol. The van der Waals surface area contributed by atoms with Gasteiger partial charge in [-0.25, -0.2) is 8.42 Å². The molecule has 0 bridgehead atoms. The van der Waals surface area contributed by atoms with Gasteiger partial charge in [-0.05, 0) is 81.4 Å². The molecule has 0 heterocycles. The lowest BCUT2D eigenvalue weighted by molar-refractivity contribution is 0.354. The van der Waals surface area contributed by atoms with E-state index in [9.17, 15) is 8.42 Å². The van der Waals surface area contributed by atoms with Crippen LogP contribution in [0.15, 0.2) is 64.6 Å². The zero-order chi connectivity index (χ0) is 22.4. The fraction of sp³-hybridized carbons (Fsp3) is 0.556. The molecule has 2 rings (SSSR count). The van der Waals surface area contributed by atoms with Gasteiger partial charge in [-0.2, -0.15) is 0 Å². The van der Waals surface area contributed by atoms with E-state index in [-0.39, 0.29) is 5.41 Å². The molecule has 0 amide bonds. The summed E-state index contributed by atoms with van der Waals surface area (Å²) < 4.78 is 27.5. The second-order valence-corrected chi connectivity index (χ2v) is 11.9. The van der Waals surface area contributed by atoms with Gasteiger partial charge < -0.3 is 0 Å². The van der Waals surface area contributed by atoms with Crippen LogP contribution in [0.25, 0.3) is 0 Å². The normalized spacial score (nSPS) is 18.6. The van der Waals surface area contributed by atoms with Crippen LogP contribution in [0.4, 0.5) is 0 Å². The van der Waals surface area contributed by atoms with E-state index >= 15 is 0 Å². The van der Waals surface area contributed by atoms with Crippen LogP contribution in [0.3, 0.4) is 0 Å². The first-order valence-electron chi connectivity index (χ1n) is 11.4. The molecule has 1 aliphatic carbocycles. The number of unbranched alkanes of at least 4 members (excludes halogenated alkanes) is 1. The van der Waals surface area contributed by atoms with Crippen molar-refractivity contribution in [3.8, 4) is 0 Å². The molecule has 0 aliphatic heterocycles. The second-order valence-electron chi connectivity index (χ2n) is 9.73. The van der Waals surface area contributed by atoms with Crippen LogP contribution in [0.5, 0.6) is 0 Å². The van der Waals surface area contributed by atoms with E-state index in [0.717, 1.165) is 43.2 Å². The summed E-state index contributed by atoms with van der Waals surface area (Å²) in [7, 11) is -3.45. The molecule has 1 unspecified atom stereocenters. The molecule has 1 aromatic rings. The molecule has 0 saturated heterocycles. The van der Waals surface area contributed by atoms with Gasteiger partial charge >= 0.3 is 0 Å². The van der Waals surface area contributed by atoms with Crippen molar-refractivity contribution >= 4 is 9.84 Å². The van der Waals surface area contributed by atoms with Gasteiger partial charge in [0.25, 0.3) is 0 Å². The van der Waals surface area contributed by atoms with E-state index < -0.39 is 15.1 Å². The molecule has 2 nitrogen and oxygen atoms in total. The summed E-state index contributed by atoms with van der Waals surface area (Å²) in [4.78, 5) is 0.438. The molecule has 30 heavy (non-hydrogen) atoms. The van der Waals surface area contributed by atoms with Gasteiger partial charge in [0.05, 0.1) is 10.1 Å². The van der Waals surface area contributed by atoms with Crippen LogP contribution in [0.1, 0.15) is 78.7 Å². The van der Waals surface area contributed by atoms with Gasteiger partial charge in [0.2, 0.25) is 0 Å². The number of allylic oxidation sites excluding steroid dienone is 5. The molecule has 166 valence electrons. The van der Waals surface area contributed by atoms with Crippen molar-refractivity contribution in [3.63, 3.8) is 0 Å². The second kappa shape index (κ2) is 10.6. The topological polar surface area (TPSA) is 34.1 Å². The zero-order valence-electron chi connectivity index (χ0n) is 19.7. The Balaban J connectivity index is 2.33. The SMILES string of the molecule is CC1=C(C(CC=CCCC=CC(C)C)S(=O)(=O)c2ccc(C)cc2)C(C)(C)CCC1. The first-order chi connectivity index (χ1) is 14.1. The summed E-state index contributed by atoms with van der Waals surface area (Å²) in [5, 5.41) is -0.488. The molecule has 0 saturated carbocycles. The molecule has 0 radical (unpaired) electrons. The molecule has 1 atom stereocenters. The molecule has 0 N–H and O–H groups in total. The third kappa shape index (κ3) is 6.44. The number of hydrogen-bond acceptors (Lipinski definition) is 2. The van der Waals surface area contributed by atoms with E-state index in [1.165, 1.54) is 5.57 Å². The fourth-order valence-corrected chi connectivity index (χ4v) is 6.58. The summed E-state index contributed by atoms with van der Waals surface area (Å²) in [6.45, 7) is 12.9. The average molecular weight is 429 g/mol. The number of aryl methyl sites for hydroxylation is 1. The van der Waals surface area contributed by atoms with Crippen molar-refractivity contribution < 1.29 is 8.42 Å². The third-order valence-electron chi connectivity index (χ3n) is 6.13. The highest BCUT2D eigenvalue weighted by molar-refractivity contribution is 7.92. The van der Waals surface area contributed by atoms with Crippen LogP contribution in [0.2, 0.25) is 0 Å². The Kier molecular flexibility index (Phi) is 8.73. The largest absolute Gasteiger partial charge is 0.223 e. The molecule has 3 heteroatoms. The van der Waals surface area contributed by atoms with Crippen LogP contribution in [-0.4, -0.2) is 13.7 Å². The lowest BCUT2D eigenvalue weighted by Gasteiger charge is -2.38. The highest BCUT2D eigenvalue weighted by atomic mass is 32.2. The van der Waals surface area contributed by atoms with Crippen molar-refractivity contribution in [3.05, 3.63) is 65.3 Å². The Bertz CT molecular complexity index is 881. The van der Waals surface area contributed by atoms with Gasteiger partial charge in [0.1, 0.15) is 0 Å². The van der Waals surface area contributed by atoms with Crippen LogP contribution in [0, 0.1) is 18.3 Å².